The van der Waals surface area contributed by atoms with Crippen LogP contribution >= 0.6 is 0 Å². The van der Waals surface area contributed by atoms with Crippen LogP contribution in [0, 0.1) is 0 Å². The van der Waals surface area contributed by atoms with Crippen molar-refractivity contribution in [2.45, 2.75) is 25.4 Å². The van der Waals surface area contributed by atoms with Gasteiger partial charge in [-0.2, -0.15) is 0 Å². The molecule has 8 heteroatoms. The number of amides is 1. The fourth-order valence-corrected chi connectivity index (χ4v) is 3.72. The highest BCUT2D eigenvalue weighted by molar-refractivity contribution is 7.92. The number of rotatable bonds is 6. The maximum atomic E-state index is 12.5. The third kappa shape index (κ3) is 6.04. The number of aromatic nitrogens is 1. The van der Waals surface area contributed by atoms with Crippen molar-refractivity contribution in [3.8, 4) is 0 Å². The Labute approximate surface area is 159 Å². The van der Waals surface area contributed by atoms with E-state index in [0.717, 1.165) is 44.4 Å². The number of hydrogen-bond acceptors (Lipinski definition) is 5. The third-order valence-corrected chi connectivity index (χ3v) is 5.07. The van der Waals surface area contributed by atoms with Crippen LogP contribution in [-0.2, 0) is 16.6 Å². The van der Waals surface area contributed by atoms with Crippen LogP contribution in [0.25, 0.3) is 0 Å². The lowest BCUT2D eigenvalue weighted by Gasteiger charge is -2.32. The number of carbonyl (C=O) groups is 1. The summed E-state index contributed by atoms with van der Waals surface area (Å²) in [6.07, 6.45) is 4.63. The molecule has 1 aromatic heterocycles. The fraction of sp³-hybridized carbons (Fsp3) is 0.368. The van der Waals surface area contributed by atoms with Gasteiger partial charge in [-0.05, 0) is 43.2 Å². The summed E-state index contributed by atoms with van der Waals surface area (Å²) < 4.78 is 25.1. The second-order valence-electron chi connectivity index (χ2n) is 6.80. The molecule has 0 radical (unpaired) electrons. The molecule has 144 valence electrons. The fourth-order valence-electron chi connectivity index (χ4n) is 3.16. The van der Waals surface area contributed by atoms with Gasteiger partial charge in [-0.3, -0.25) is 19.4 Å². The highest BCUT2D eigenvalue weighted by atomic mass is 32.2. The Hall–Kier alpha value is -2.45. The number of sulfonamides is 1. The average molecular weight is 388 g/mol. The summed E-state index contributed by atoms with van der Waals surface area (Å²) >= 11 is 0. The molecular weight excluding hydrogens is 364 g/mol. The van der Waals surface area contributed by atoms with Gasteiger partial charge in [0.1, 0.15) is 0 Å². The van der Waals surface area contributed by atoms with E-state index >= 15 is 0 Å². The van der Waals surface area contributed by atoms with E-state index in [2.05, 4.69) is 19.9 Å². The van der Waals surface area contributed by atoms with Gasteiger partial charge in [0.15, 0.2) is 0 Å². The molecule has 3 rings (SSSR count). The quantitative estimate of drug-likeness (QED) is 0.788. The normalized spacial score (nSPS) is 16.0. The molecule has 2 aromatic rings. The van der Waals surface area contributed by atoms with Crippen molar-refractivity contribution in [2.24, 2.45) is 0 Å². The van der Waals surface area contributed by atoms with Crippen LogP contribution in [0.1, 0.15) is 28.9 Å². The Morgan fingerprint density at radius 1 is 1.19 bits per heavy atom. The largest absolute Gasteiger partial charge is 0.349 e. The number of piperidine rings is 1. The van der Waals surface area contributed by atoms with Crippen LogP contribution in [0.2, 0.25) is 0 Å². The maximum absolute atomic E-state index is 12.5. The molecule has 0 atom stereocenters. The lowest BCUT2D eigenvalue weighted by Crippen LogP contribution is -2.44. The number of pyridine rings is 1. The lowest BCUT2D eigenvalue weighted by atomic mass is 10.0. The Balaban J connectivity index is 1.51. The van der Waals surface area contributed by atoms with E-state index in [4.69, 9.17) is 0 Å². The molecule has 1 fully saturated rings. The first kappa shape index (κ1) is 19.3. The predicted octanol–water partition coefficient (Wildman–Crippen LogP) is 1.85. The molecule has 1 aromatic carbocycles. The molecule has 2 heterocycles. The molecular formula is C19H24N4O3S. The minimum atomic E-state index is -3.37. The van der Waals surface area contributed by atoms with E-state index in [1.54, 1.807) is 30.5 Å². The predicted molar refractivity (Wildman–Crippen MR) is 105 cm³/mol. The zero-order valence-corrected chi connectivity index (χ0v) is 16.1. The molecule has 1 amide bonds. The monoisotopic (exact) mass is 388 g/mol. The van der Waals surface area contributed by atoms with Gasteiger partial charge in [0.05, 0.1) is 11.9 Å². The zero-order valence-electron chi connectivity index (χ0n) is 15.3. The number of hydrogen-bond donors (Lipinski definition) is 2. The first-order chi connectivity index (χ1) is 12.9. The standard InChI is InChI=1S/C19H24N4O3S/c1-27(25,26)22-17-7-4-5-15(13-17)19(24)21-16-8-11-23(12-9-16)14-18-6-2-3-10-20-18/h2-7,10,13,16,22H,8-9,11-12,14H2,1H3,(H,21,24). The average Bonchev–Trinajstić information content (AvgIpc) is 2.63. The van der Waals surface area contributed by atoms with E-state index in [-0.39, 0.29) is 11.9 Å². The van der Waals surface area contributed by atoms with Gasteiger partial charge in [-0.15, -0.1) is 0 Å². The summed E-state index contributed by atoms with van der Waals surface area (Å²) in [7, 11) is -3.37. The number of benzene rings is 1. The van der Waals surface area contributed by atoms with E-state index in [1.165, 1.54) is 0 Å². The molecule has 27 heavy (non-hydrogen) atoms. The SMILES string of the molecule is CS(=O)(=O)Nc1cccc(C(=O)NC2CCN(Cc3ccccn3)CC2)c1. The van der Waals surface area contributed by atoms with Crippen molar-refractivity contribution in [2.75, 3.05) is 24.1 Å². The molecule has 0 unspecified atom stereocenters. The summed E-state index contributed by atoms with van der Waals surface area (Å²) in [4.78, 5) is 19.2. The van der Waals surface area contributed by atoms with E-state index < -0.39 is 10.0 Å². The first-order valence-electron chi connectivity index (χ1n) is 8.90. The molecule has 1 aliphatic heterocycles. The van der Waals surface area contributed by atoms with Crippen LogP contribution in [0.5, 0.6) is 0 Å². The summed E-state index contributed by atoms with van der Waals surface area (Å²) in [5.74, 6) is -0.185. The smallest absolute Gasteiger partial charge is 0.251 e. The molecule has 0 aliphatic carbocycles. The molecule has 0 spiro atoms. The topological polar surface area (TPSA) is 91.4 Å². The summed E-state index contributed by atoms with van der Waals surface area (Å²) in [5, 5.41) is 3.05. The van der Waals surface area contributed by atoms with Crippen LogP contribution < -0.4 is 10.0 Å². The Kier molecular flexibility index (Phi) is 6.08. The van der Waals surface area contributed by atoms with Gasteiger partial charge in [0.25, 0.3) is 5.91 Å². The van der Waals surface area contributed by atoms with Crippen LogP contribution in [-0.4, -0.2) is 49.6 Å². The van der Waals surface area contributed by atoms with Crippen LogP contribution in [0.3, 0.4) is 0 Å². The molecule has 1 aliphatic rings. The number of anilines is 1. The second kappa shape index (κ2) is 8.49. The van der Waals surface area contributed by atoms with Crippen molar-refractivity contribution >= 4 is 21.6 Å². The summed E-state index contributed by atoms with van der Waals surface area (Å²) in [6.45, 7) is 2.62. The lowest BCUT2D eigenvalue weighted by molar-refractivity contribution is 0.0908. The summed E-state index contributed by atoms with van der Waals surface area (Å²) in [5.41, 5.74) is 1.88. The van der Waals surface area contributed by atoms with Crippen molar-refractivity contribution < 1.29 is 13.2 Å². The van der Waals surface area contributed by atoms with Gasteiger partial charge in [0, 0.05) is 43.1 Å². The zero-order chi connectivity index (χ0) is 19.3. The third-order valence-electron chi connectivity index (χ3n) is 4.46. The molecule has 1 saturated heterocycles. The number of likely N-dealkylation sites (tertiary alicyclic amines) is 1. The Morgan fingerprint density at radius 3 is 2.63 bits per heavy atom. The Bertz CT molecular complexity index is 879. The van der Waals surface area contributed by atoms with E-state index in [1.807, 2.05) is 18.2 Å². The molecule has 2 N–H and O–H groups in total. The van der Waals surface area contributed by atoms with E-state index in [0.29, 0.717) is 11.3 Å². The first-order valence-corrected chi connectivity index (χ1v) is 10.8. The van der Waals surface area contributed by atoms with Gasteiger partial charge in [0.2, 0.25) is 10.0 Å². The van der Waals surface area contributed by atoms with Crippen LogP contribution in [0.15, 0.2) is 48.7 Å². The van der Waals surface area contributed by atoms with Gasteiger partial charge in [-0.1, -0.05) is 12.1 Å². The minimum Gasteiger partial charge on any atom is -0.349 e. The molecule has 7 nitrogen and oxygen atoms in total. The minimum absolute atomic E-state index is 0.115. The van der Waals surface area contributed by atoms with Gasteiger partial charge >= 0.3 is 0 Å². The van der Waals surface area contributed by atoms with Gasteiger partial charge < -0.3 is 5.32 Å². The Morgan fingerprint density at radius 2 is 1.96 bits per heavy atom. The maximum Gasteiger partial charge on any atom is 0.251 e. The van der Waals surface area contributed by atoms with Crippen molar-refractivity contribution in [3.05, 3.63) is 59.9 Å². The second-order valence-corrected chi connectivity index (χ2v) is 8.55. The van der Waals surface area contributed by atoms with Crippen molar-refractivity contribution in [1.29, 1.82) is 0 Å². The highest BCUT2D eigenvalue weighted by Crippen LogP contribution is 2.15. The molecule has 0 bridgehead atoms. The number of carbonyl (C=O) groups excluding carboxylic acids is 1. The summed E-state index contributed by atoms with van der Waals surface area (Å²) in [6, 6.07) is 12.5. The number of nitrogens with zero attached hydrogens (tertiary/aromatic N) is 2. The number of nitrogens with one attached hydrogen (secondary N) is 2. The van der Waals surface area contributed by atoms with Crippen LogP contribution in [0.4, 0.5) is 5.69 Å². The molecule has 0 saturated carbocycles. The van der Waals surface area contributed by atoms with E-state index in [9.17, 15) is 13.2 Å². The van der Waals surface area contributed by atoms with Crippen molar-refractivity contribution in [3.63, 3.8) is 0 Å². The highest BCUT2D eigenvalue weighted by Gasteiger charge is 2.21. The van der Waals surface area contributed by atoms with Gasteiger partial charge in [-0.25, -0.2) is 8.42 Å². The van der Waals surface area contributed by atoms with Crippen molar-refractivity contribution in [1.82, 2.24) is 15.2 Å².